The molecule has 0 aromatic heterocycles. The second-order valence-corrected chi connectivity index (χ2v) is 8.49. The van der Waals surface area contributed by atoms with Crippen LogP contribution in [-0.4, -0.2) is 35.5 Å². The number of hydrogen-bond acceptors (Lipinski definition) is 4. The Morgan fingerprint density at radius 1 is 1.24 bits per heavy atom. The number of halogens is 1. The van der Waals surface area contributed by atoms with E-state index in [1.807, 2.05) is 23.1 Å². The first-order valence-corrected chi connectivity index (χ1v) is 10.6. The van der Waals surface area contributed by atoms with Crippen LogP contribution in [0, 0.1) is 5.41 Å². The van der Waals surface area contributed by atoms with Gasteiger partial charge in [-0.2, -0.15) is 0 Å². The van der Waals surface area contributed by atoms with Crippen LogP contribution in [-0.2, 0) is 21.7 Å². The van der Waals surface area contributed by atoms with Crippen LogP contribution in [0.1, 0.15) is 35.6 Å². The molecule has 2 aromatic carbocycles. The zero-order chi connectivity index (χ0) is 20.4. The molecule has 2 N–H and O–H groups in total. The molecule has 2 heterocycles. The van der Waals surface area contributed by atoms with E-state index in [2.05, 4.69) is 36.1 Å². The molecule has 0 bridgehead atoms. The normalized spacial score (nSPS) is 18.5. The summed E-state index contributed by atoms with van der Waals surface area (Å²) in [5, 5.41) is 11.8. The minimum atomic E-state index is -0.456. The molecule has 5 nitrogen and oxygen atoms in total. The molecule has 7 heteroatoms. The smallest absolute Gasteiger partial charge is 0.236 e. The molecule has 2 aromatic rings. The van der Waals surface area contributed by atoms with Gasteiger partial charge in [0.05, 0.1) is 29.8 Å². The maximum absolute atomic E-state index is 12.8. The van der Waals surface area contributed by atoms with Crippen molar-refractivity contribution >= 4 is 35.2 Å². The fourth-order valence-electron chi connectivity index (χ4n) is 4.28. The van der Waals surface area contributed by atoms with Crippen molar-refractivity contribution in [3.05, 3.63) is 70.2 Å². The second kappa shape index (κ2) is 8.48. The molecule has 0 radical (unpaired) electrons. The number of ether oxygens (including phenoxy) is 1. The van der Waals surface area contributed by atoms with Crippen molar-refractivity contribution in [3.63, 3.8) is 0 Å². The zero-order valence-electron chi connectivity index (χ0n) is 16.0. The first-order chi connectivity index (χ1) is 14.0. The summed E-state index contributed by atoms with van der Waals surface area (Å²) in [6, 6.07) is 15.2. The maximum atomic E-state index is 12.8. The maximum Gasteiger partial charge on any atom is 0.236 e. The summed E-state index contributed by atoms with van der Waals surface area (Å²) in [6.45, 7) is 2.12. The van der Waals surface area contributed by atoms with Crippen molar-refractivity contribution < 1.29 is 9.53 Å². The molecular weight excluding hydrogens is 406 g/mol. The Labute approximate surface area is 181 Å². The van der Waals surface area contributed by atoms with Gasteiger partial charge < -0.3 is 9.64 Å². The topological polar surface area (TPSA) is 65.4 Å². The molecule has 1 unspecified atom stereocenters. The third-order valence-electron chi connectivity index (χ3n) is 5.85. The van der Waals surface area contributed by atoms with Crippen molar-refractivity contribution in [2.75, 3.05) is 19.6 Å². The first kappa shape index (κ1) is 20.4. The molecule has 0 saturated carbocycles. The SMILES string of the molecule is N=C(S)C(NCC(=O)N1CCC2(CC1)OCc1ccccc12)c1cccc(Cl)c1. The molecule has 4 rings (SSSR count). The predicted octanol–water partition coefficient (Wildman–Crippen LogP) is 3.93. The molecule has 1 saturated heterocycles. The Bertz CT molecular complexity index is 928. The second-order valence-electron chi connectivity index (χ2n) is 7.58. The number of amides is 1. The molecule has 1 spiro atoms. The van der Waals surface area contributed by atoms with E-state index >= 15 is 0 Å². The van der Waals surface area contributed by atoms with Crippen LogP contribution >= 0.6 is 24.2 Å². The predicted molar refractivity (Wildman–Crippen MR) is 118 cm³/mol. The fourth-order valence-corrected chi connectivity index (χ4v) is 4.71. The van der Waals surface area contributed by atoms with Crippen LogP contribution in [0.25, 0.3) is 0 Å². The van der Waals surface area contributed by atoms with Crippen LogP contribution < -0.4 is 5.32 Å². The minimum Gasteiger partial charge on any atom is -0.365 e. The highest BCUT2D eigenvalue weighted by molar-refractivity contribution is 7.97. The lowest BCUT2D eigenvalue weighted by Gasteiger charge is -2.39. The lowest BCUT2D eigenvalue weighted by atomic mass is 9.84. The van der Waals surface area contributed by atoms with Crippen LogP contribution in [0.3, 0.4) is 0 Å². The Morgan fingerprint density at radius 2 is 2.00 bits per heavy atom. The Morgan fingerprint density at radius 3 is 2.72 bits per heavy atom. The number of rotatable bonds is 5. The lowest BCUT2D eigenvalue weighted by molar-refractivity contribution is -0.137. The van der Waals surface area contributed by atoms with Crippen molar-refractivity contribution in [1.29, 1.82) is 5.41 Å². The van der Waals surface area contributed by atoms with Gasteiger partial charge in [0.2, 0.25) is 5.91 Å². The van der Waals surface area contributed by atoms with Crippen molar-refractivity contribution in [2.45, 2.75) is 31.1 Å². The summed E-state index contributed by atoms with van der Waals surface area (Å²) in [7, 11) is 0. The molecular formula is C22H24ClN3O2S. The molecule has 0 aliphatic carbocycles. The number of piperidine rings is 1. The molecule has 2 aliphatic rings. The molecule has 2 aliphatic heterocycles. The van der Waals surface area contributed by atoms with Gasteiger partial charge in [0, 0.05) is 18.1 Å². The van der Waals surface area contributed by atoms with Crippen LogP contribution in [0.2, 0.25) is 5.02 Å². The van der Waals surface area contributed by atoms with E-state index in [1.54, 1.807) is 12.1 Å². The number of hydrogen-bond donors (Lipinski definition) is 3. The van der Waals surface area contributed by atoms with E-state index in [1.165, 1.54) is 11.1 Å². The van der Waals surface area contributed by atoms with Crippen LogP contribution in [0.5, 0.6) is 0 Å². The highest BCUT2D eigenvalue weighted by Gasteiger charge is 2.43. The van der Waals surface area contributed by atoms with E-state index in [9.17, 15) is 4.79 Å². The Balaban J connectivity index is 1.36. The summed E-state index contributed by atoms with van der Waals surface area (Å²) in [6.07, 6.45) is 1.60. The monoisotopic (exact) mass is 429 g/mol. The van der Waals surface area contributed by atoms with Gasteiger partial charge >= 0.3 is 0 Å². The van der Waals surface area contributed by atoms with Gasteiger partial charge in [-0.25, -0.2) is 0 Å². The molecule has 1 amide bonds. The van der Waals surface area contributed by atoms with Gasteiger partial charge in [0.1, 0.15) is 0 Å². The van der Waals surface area contributed by atoms with E-state index in [-0.39, 0.29) is 23.1 Å². The molecule has 29 heavy (non-hydrogen) atoms. The summed E-state index contributed by atoms with van der Waals surface area (Å²) < 4.78 is 6.17. The van der Waals surface area contributed by atoms with Crippen LogP contribution in [0.15, 0.2) is 48.5 Å². The highest BCUT2D eigenvalue weighted by Crippen LogP contribution is 2.43. The van der Waals surface area contributed by atoms with Gasteiger partial charge in [-0.15, -0.1) is 12.6 Å². The van der Waals surface area contributed by atoms with Gasteiger partial charge in [-0.3, -0.25) is 15.5 Å². The van der Waals surface area contributed by atoms with E-state index in [0.717, 1.165) is 18.4 Å². The van der Waals surface area contributed by atoms with Gasteiger partial charge in [0.15, 0.2) is 0 Å². The Hall–Kier alpha value is -1.86. The zero-order valence-corrected chi connectivity index (χ0v) is 17.7. The largest absolute Gasteiger partial charge is 0.365 e. The average Bonchev–Trinajstić information content (AvgIpc) is 3.07. The van der Waals surface area contributed by atoms with Crippen molar-refractivity contribution in [3.8, 4) is 0 Å². The summed E-state index contributed by atoms with van der Waals surface area (Å²) in [5.74, 6) is 0.0211. The molecule has 1 atom stereocenters. The third kappa shape index (κ3) is 4.21. The quantitative estimate of drug-likeness (QED) is 0.383. The number of nitrogens with zero attached hydrogens (tertiary/aromatic N) is 1. The summed E-state index contributed by atoms with van der Waals surface area (Å²) in [4.78, 5) is 14.6. The van der Waals surface area contributed by atoms with Gasteiger partial charge in [0.25, 0.3) is 0 Å². The van der Waals surface area contributed by atoms with Gasteiger partial charge in [-0.05, 0) is 41.7 Å². The molecule has 152 valence electrons. The third-order valence-corrected chi connectivity index (χ3v) is 6.34. The van der Waals surface area contributed by atoms with E-state index in [0.29, 0.717) is 24.7 Å². The Kier molecular flexibility index (Phi) is 5.97. The van der Waals surface area contributed by atoms with Crippen LogP contribution in [0.4, 0.5) is 0 Å². The highest BCUT2D eigenvalue weighted by atomic mass is 35.5. The summed E-state index contributed by atoms with van der Waals surface area (Å²) in [5.41, 5.74) is 3.09. The number of likely N-dealkylation sites (tertiary alicyclic amines) is 1. The van der Waals surface area contributed by atoms with Crippen molar-refractivity contribution in [2.24, 2.45) is 0 Å². The summed E-state index contributed by atoms with van der Waals surface area (Å²) >= 11 is 10.2. The first-order valence-electron chi connectivity index (χ1n) is 9.75. The lowest BCUT2D eigenvalue weighted by Crippen LogP contribution is -2.48. The van der Waals surface area contributed by atoms with E-state index < -0.39 is 6.04 Å². The number of benzene rings is 2. The number of nitrogens with one attached hydrogen (secondary N) is 2. The minimum absolute atomic E-state index is 0.0211. The van der Waals surface area contributed by atoms with E-state index in [4.69, 9.17) is 21.7 Å². The fraction of sp³-hybridized carbons (Fsp3) is 0.364. The van der Waals surface area contributed by atoms with Gasteiger partial charge in [-0.1, -0.05) is 48.0 Å². The number of carbonyl (C=O) groups excluding carboxylic acids is 1. The number of fused-ring (bicyclic) bond motifs is 2. The van der Waals surface area contributed by atoms with Crippen molar-refractivity contribution in [1.82, 2.24) is 10.2 Å². The number of thiol groups is 1. The number of carbonyl (C=O) groups is 1. The molecule has 1 fully saturated rings. The average molecular weight is 430 g/mol. The standard InChI is InChI=1S/C22H24ClN3O2S/c23-17-6-3-5-15(12-17)20(21(24)29)25-13-19(27)26-10-8-22(9-11-26)18-7-2-1-4-16(18)14-28-22/h1-7,12,20,25H,8-11,13-14H2,(H2,24,29).